The van der Waals surface area contributed by atoms with Crippen LogP contribution in [0.25, 0.3) is 0 Å². The maximum absolute atomic E-state index is 13.4. The molecule has 1 aromatic carbocycles. The van der Waals surface area contributed by atoms with Gasteiger partial charge in [-0.2, -0.15) is 0 Å². The van der Waals surface area contributed by atoms with Gasteiger partial charge in [0.1, 0.15) is 5.82 Å². The number of benzene rings is 1. The van der Waals surface area contributed by atoms with Crippen LogP contribution in [0.4, 0.5) is 4.39 Å². The highest BCUT2D eigenvalue weighted by Crippen LogP contribution is 2.20. The molecule has 0 radical (unpaired) electrons. The van der Waals surface area contributed by atoms with Gasteiger partial charge in [-0.3, -0.25) is 4.90 Å². The Morgan fingerprint density at radius 3 is 2.80 bits per heavy atom. The molecule has 0 aromatic heterocycles. The third-order valence-electron chi connectivity index (χ3n) is 2.95. The lowest BCUT2D eigenvalue weighted by atomic mass is 10.00. The van der Waals surface area contributed by atoms with Crippen molar-refractivity contribution >= 4 is 0 Å². The van der Waals surface area contributed by atoms with Gasteiger partial charge in [-0.05, 0) is 17.5 Å². The second kappa shape index (κ2) is 4.29. The van der Waals surface area contributed by atoms with Crippen molar-refractivity contribution in [1.82, 2.24) is 4.90 Å². The predicted molar refractivity (Wildman–Crippen MR) is 58.7 cm³/mol. The van der Waals surface area contributed by atoms with Gasteiger partial charge in [-0.25, -0.2) is 4.39 Å². The smallest absolute Gasteiger partial charge is 0.128 e. The highest BCUT2D eigenvalue weighted by Gasteiger charge is 2.23. The van der Waals surface area contributed by atoms with E-state index in [-0.39, 0.29) is 12.4 Å². The average Bonchev–Trinajstić information content (AvgIpc) is 2.16. The summed E-state index contributed by atoms with van der Waals surface area (Å²) in [5.41, 5.74) is 7.25. The lowest BCUT2D eigenvalue weighted by Crippen LogP contribution is -2.44. The first-order chi connectivity index (χ1) is 7.20. The molecule has 15 heavy (non-hydrogen) atoms. The summed E-state index contributed by atoms with van der Waals surface area (Å²) in [5, 5.41) is 0. The fourth-order valence-corrected chi connectivity index (χ4v) is 2.18. The van der Waals surface area contributed by atoms with Crippen LogP contribution in [0.15, 0.2) is 18.2 Å². The van der Waals surface area contributed by atoms with Crippen LogP contribution in [-0.2, 0) is 13.1 Å². The second-order valence-electron chi connectivity index (χ2n) is 4.38. The largest absolute Gasteiger partial charge is 0.326 e. The topological polar surface area (TPSA) is 29.3 Å². The van der Waals surface area contributed by atoms with E-state index in [2.05, 4.69) is 11.8 Å². The lowest BCUT2D eigenvalue weighted by molar-refractivity contribution is 0.104. The average molecular weight is 208 g/mol. The molecule has 0 amide bonds. The molecule has 0 saturated carbocycles. The molecule has 2 N–H and O–H groups in total. The minimum Gasteiger partial charge on any atom is -0.326 e. The van der Waals surface area contributed by atoms with Gasteiger partial charge < -0.3 is 5.73 Å². The van der Waals surface area contributed by atoms with Gasteiger partial charge in [0.15, 0.2) is 0 Å². The molecule has 3 heteroatoms. The zero-order valence-electron chi connectivity index (χ0n) is 9.04. The molecule has 0 spiro atoms. The van der Waals surface area contributed by atoms with Crippen LogP contribution in [0, 0.1) is 11.7 Å². The molecule has 0 aliphatic carbocycles. The SMILES string of the molecule is CC1CN(Cc2cccc(F)c2CN)C1. The normalized spacial score (nSPS) is 17.8. The Labute approximate surface area is 89.9 Å². The van der Waals surface area contributed by atoms with Crippen molar-refractivity contribution in [2.45, 2.75) is 20.0 Å². The number of nitrogens with zero attached hydrogens (tertiary/aromatic N) is 1. The number of nitrogens with two attached hydrogens (primary N) is 1. The predicted octanol–water partition coefficient (Wildman–Crippen LogP) is 1.74. The number of hydrogen-bond acceptors (Lipinski definition) is 2. The molecule has 0 atom stereocenters. The summed E-state index contributed by atoms with van der Waals surface area (Å²) >= 11 is 0. The van der Waals surface area contributed by atoms with Crippen LogP contribution in [0.1, 0.15) is 18.1 Å². The first-order valence-corrected chi connectivity index (χ1v) is 5.39. The quantitative estimate of drug-likeness (QED) is 0.819. The van der Waals surface area contributed by atoms with E-state index in [9.17, 15) is 4.39 Å². The first-order valence-electron chi connectivity index (χ1n) is 5.39. The summed E-state index contributed by atoms with van der Waals surface area (Å²) in [6.45, 7) is 5.56. The molecule has 1 fully saturated rings. The van der Waals surface area contributed by atoms with Crippen LogP contribution in [0.3, 0.4) is 0 Å². The Morgan fingerprint density at radius 2 is 2.20 bits per heavy atom. The van der Waals surface area contributed by atoms with Crippen LogP contribution in [0.2, 0.25) is 0 Å². The summed E-state index contributed by atoms with van der Waals surface area (Å²) in [7, 11) is 0. The third kappa shape index (κ3) is 2.19. The lowest BCUT2D eigenvalue weighted by Gasteiger charge is -2.37. The van der Waals surface area contributed by atoms with E-state index in [0.29, 0.717) is 5.56 Å². The Hall–Kier alpha value is -0.930. The molecule has 1 aliphatic heterocycles. The summed E-state index contributed by atoms with van der Waals surface area (Å²) < 4.78 is 13.4. The fraction of sp³-hybridized carbons (Fsp3) is 0.500. The van der Waals surface area contributed by atoms with E-state index in [0.717, 1.165) is 31.1 Å². The molecule has 1 saturated heterocycles. The summed E-state index contributed by atoms with van der Waals surface area (Å²) in [6.07, 6.45) is 0. The van der Waals surface area contributed by atoms with Gasteiger partial charge in [-0.1, -0.05) is 19.1 Å². The van der Waals surface area contributed by atoms with Gasteiger partial charge in [0.05, 0.1) is 0 Å². The van der Waals surface area contributed by atoms with E-state index in [4.69, 9.17) is 5.73 Å². The highest BCUT2D eigenvalue weighted by atomic mass is 19.1. The molecular formula is C12H17FN2. The molecule has 2 rings (SSSR count). The second-order valence-corrected chi connectivity index (χ2v) is 4.38. The molecular weight excluding hydrogens is 191 g/mol. The molecule has 1 heterocycles. The minimum absolute atomic E-state index is 0.177. The van der Waals surface area contributed by atoms with E-state index >= 15 is 0 Å². The zero-order valence-corrected chi connectivity index (χ0v) is 9.04. The van der Waals surface area contributed by atoms with Crippen LogP contribution in [-0.4, -0.2) is 18.0 Å². The van der Waals surface area contributed by atoms with E-state index in [1.54, 1.807) is 6.07 Å². The Balaban J connectivity index is 2.10. The van der Waals surface area contributed by atoms with Crippen molar-refractivity contribution in [3.8, 4) is 0 Å². The third-order valence-corrected chi connectivity index (χ3v) is 2.95. The fourth-order valence-electron chi connectivity index (χ4n) is 2.18. The van der Waals surface area contributed by atoms with Crippen molar-refractivity contribution < 1.29 is 4.39 Å². The molecule has 0 unspecified atom stereocenters. The van der Waals surface area contributed by atoms with Crippen molar-refractivity contribution in [2.75, 3.05) is 13.1 Å². The van der Waals surface area contributed by atoms with E-state index < -0.39 is 0 Å². The van der Waals surface area contributed by atoms with Gasteiger partial charge in [0.25, 0.3) is 0 Å². The van der Waals surface area contributed by atoms with Crippen molar-refractivity contribution in [2.24, 2.45) is 11.7 Å². The number of hydrogen-bond donors (Lipinski definition) is 1. The number of rotatable bonds is 3. The maximum atomic E-state index is 13.4. The Kier molecular flexibility index (Phi) is 3.03. The molecule has 0 bridgehead atoms. The van der Waals surface area contributed by atoms with E-state index in [1.165, 1.54) is 6.07 Å². The number of likely N-dealkylation sites (tertiary alicyclic amines) is 1. The molecule has 1 aromatic rings. The maximum Gasteiger partial charge on any atom is 0.128 e. The monoisotopic (exact) mass is 208 g/mol. The Morgan fingerprint density at radius 1 is 1.47 bits per heavy atom. The van der Waals surface area contributed by atoms with Crippen molar-refractivity contribution in [3.05, 3.63) is 35.1 Å². The standard InChI is InChI=1S/C12H17FN2/c1-9-6-15(7-9)8-10-3-2-4-12(13)11(10)5-14/h2-4,9H,5-8,14H2,1H3. The first kappa shape index (κ1) is 10.6. The number of halogens is 1. The Bertz CT molecular complexity index is 345. The van der Waals surface area contributed by atoms with Crippen LogP contribution < -0.4 is 5.73 Å². The highest BCUT2D eigenvalue weighted by molar-refractivity contribution is 5.28. The molecule has 2 nitrogen and oxygen atoms in total. The zero-order chi connectivity index (χ0) is 10.8. The van der Waals surface area contributed by atoms with Gasteiger partial charge in [0.2, 0.25) is 0 Å². The van der Waals surface area contributed by atoms with Gasteiger partial charge in [-0.15, -0.1) is 0 Å². The summed E-state index contributed by atoms with van der Waals surface area (Å²) in [6, 6.07) is 5.20. The van der Waals surface area contributed by atoms with Crippen molar-refractivity contribution in [3.63, 3.8) is 0 Å². The van der Waals surface area contributed by atoms with E-state index in [1.807, 2.05) is 6.07 Å². The van der Waals surface area contributed by atoms with Gasteiger partial charge in [0, 0.05) is 31.7 Å². The summed E-state index contributed by atoms with van der Waals surface area (Å²) in [4.78, 5) is 2.32. The van der Waals surface area contributed by atoms with Crippen molar-refractivity contribution in [1.29, 1.82) is 0 Å². The van der Waals surface area contributed by atoms with Crippen LogP contribution in [0.5, 0.6) is 0 Å². The minimum atomic E-state index is -0.177. The molecule has 82 valence electrons. The van der Waals surface area contributed by atoms with Crippen LogP contribution >= 0.6 is 0 Å². The van der Waals surface area contributed by atoms with Gasteiger partial charge >= 0.3 is 0 Å². The summed E-state index contributed by atoms with van der Waals surface area (Å²) in [5.74, 6) is 0.600. The molecule has 1 aliphatic rings.